The van der Waals surface area contributed by atoms with Crippen LogP contribution in [0.1, 0.15) is 11.1 Å². The molecule has 0 amide bonds. The van der Waals surface area contributed by atoms with Gasteiger partial charge in [0, 0.05) is 24.5 Å². The summed E-state index contributed by atoms with van der Waals surface area (Å²) in [5.41, 5.74) is 8.33. The highest BCUT2D eigenvalue weighted by Gasteiger charge is 2.13. The van der Waals surface area contributed by atoms with Gasteiger partial charge in [-0.25, -0.2) is 4.98 Å². The van der Waals surface area contributed by atoms with E-state index in [0.717, 1.165) is 28.3 Å². The first-order chi connectivity index (χ1) is 11.2. The maximum absolute atomic E-state index is 7.72. The molecule has 5 nitrogen and oxygen atoms in total. The third-order valence-corrected chi connectivity index (χ3v) is 3.71. The zero-order valence-corrected chi connectivity index (χ0v) is 12.9. The molecule has 0 aliphatic rings. The number of nitrogens with one attached hydrogen (secondary N) is 1. The monoisotopic (exact) mass is 306 g/mol. The molecule has 116 valence electrons. The number of hydrogen-bond donors (Lipinski definition) is 2. The number of nitrogen functional groups attached to an aromatic ring is 1. The summed E-state index contributed by atoms with van der Waals surface area (Å²) < 4.78 is 7.46. The van der Waals surface area contributed by atoms with Crippen LogP contribution in [0, 0.1) is 5.41 Å². The summed E-state index contributed by atoms with van der Waals surface area (Å²) in [7, 11) is 1.65. The lowest BCUT2D eigenvalue weighted by Crippen LogP contribution is -2.15. The lowest BCUT2D eigenvalue weighted by Gasteiger charge is -2.13. The van der Waals surface area contributed by atoms with Crippen molar-refractivity contribution < 1.29 is 4.74 Å². The Morgan fingerprint density at radius 2 is 1.91 bits per heavy atom. The Kier molecular flexibility index (Phi) is 4.10. The number of rotatable bonds is 5. The Bertz CT molecular complexity index is 838. The average molecular weight is 306 g/mol. The van der Waals surface area contributed by atoms with Crippen molar-refractivity contribution in [2.45, 2.75) is 6.54 Å². The largest absolute Gasteiger partial charge is 0.496 e. The number of para-hydroxylation sites is 1. The van der Waals surface area contributed by atoms with Crippen molar-refractivity contribution in [1.29, 1.82) is 5.41 Å². The van der Waals surface area contributed by atoms with E-state index < -0.39 is 0 Å². The zero-order valence-electron chi connectivity index (χ0n) is 12.9. The molecule has 0 aliphatic heterocycles. The molecule has 0 spiro atoms. The van der Waals surface area contributed by atoms with Gasteiger partial charge in [0.25, 0.3) is 0 Å². The first-order valence-electron chi connectivity index (χ1n) is 7.27. The van der Waals surface area contributed by atoms with E-state index in [1.165, 1.54) is 0 Å². The van der Waals surface area contributed by atoms with Crippen LogP contribution in [0.4, 0.5) is 0 Å². The van der Waals surface area contributed by atoms with Crippen LogP contribution in [0.3, 0.4) is 0 Å². The summed E-state index contributed by atoms with van der Waals surface area (Å²) in [4.78, 5) is 4.46. The Labute approximate surface area is 134 Å². The van der Waals surface area contributed by atoms with Gasteiger partial charge in [0.15, 0.2) is 0 Å². The molecule has 1 aromatic heterocycles. The van der Waals surface area contributed by atoms with Gasteiger partial charge in [-0.3, -0.25) is 5.41 Å². The Balaban J connectivity index is 2.01. The number of nitrogens with two attached hydrogens (primary N) is 1. The van der Waals surface area contributed by atoms with Crippen molar-refractivity contribution in [1.82, 2.24) is 9.55 Å². The van der Waals surface area contributed by atoms with Crippen LogP contribution in [-0.2, 0) is 6.54 Å². The van der Waals surface area contributed by atoms with Gasteiger partial charge in [-0.2, -0.15) is 0 Å². The third-order valence-electron chi connectivity index (χ3n) is 3.71. The van der Waals surface area contributed by atoms with E-state index in [1.54, 1.807) is 13.3 Å². The molecule has 0 saturated carbocycles. The number of aromatic nitrogens is 2. The van der Waals surface area contributed by atoms with Crippen LogP contribution in [0.5, 0.6) is 5.75 Å². The van der Waals surface area contributed by atoms with Gasteiger partial charge in [-0.05, 0) is 17.7 Å². The fourth-order valence-corrected chi connectivity index (χ4v) is 2.61. The number of amidine groups is 1. The summed E-state index contributed by atoms with van der Waals surface area (Å²) in [6, 6.07) is 15.4. The molecule has 0 saturated heterocycles. The molecule has 0 bridgehead atoms. The van der Waals surface area contributed by atoms with E-state index in [2.05, 4.69) is 4.98 Å². The molecule has 23 heavy (non-hydrogen) atoms. The summed E-state index contributed by atoms with van der Waals surface area (Å²) in [6.45, 7) is 0.586. The van der Waals surface area contributed by atoms with Gasteiger partial charge in [0.1, 0.15) is 17.4 Å². The zero-order chi connectivity index (χ0) is 16.2. The van der Waals surface area contributed by atoms with E-state index in [9.17, 15) is 0 Å². The number of ether oxygens (including phenoxy) is 1. The van der Waals surface area contributed by atoms with E-state index in [-0.39, 0.29) is 5.84 Å². The standard InChI is InChI=1S/C18H18N4O/c1-23-16-9-5-4-8-15(16)18-21-10-11-22(18)12-13-6-2-3-7-14(13)17(19)20/h2-11H,12H2,1H3,(H3,19,20). The molecular weight excluding hydrogens is 288 g/mol. The molecule has 0 fully saturated rings. The molecule has 5 heteroatoms. The third kappa shape index (κ3) is 2.94. The van der Waals surface area contributed by atoms with E-state index in [1.807, 2.05) is 59.3 Å². The highest BCUT2D eigenvalue weighted by molar-refractivity contribution is 5.96. The number of benzene rings is 2. The molecule has 0 radical (unpaired) electrons. The topological polar surface area (TPSA) is 76.9 Å². The summed E-state index contributed by atoms with van der Waals surface area (Å²) >= 11 is 0. The fraction of sp³-hybridized carbons (Fsp3) is 0.111. The second-order valence-corrected chi connectivity index (χ2v) is 5.15. The maximum atomic E-state index is 7.72. The average Bonchev–Trinajstić information content (AvgIpc) is 3.03. The molecule has 0 unspecified atom stereocenters. The predicted octanol–water partition coefficient (Wildman–Crippen LogP) is 2.89. The first kappa shape index (κ1) is 14.8. The van der Waals surface area contributed by atoms with Gasteiger partial charge in [-0.15, -0.1) is 0 Å². The van der Waals surface area contributed by atoms with Crippen LogP contribution >= 0.6 is 0 Å². The number of imidazole rings is 1. The van der Waals surface area contributed by atoms with Crippen molar-refractivity contribution in [2.24, 2.45) is 5.73 Å². The molecule has 3 aromatic rings. The second kappa shape index (κ2) is 6.36. The van der Waals surface area contributed by atoms with Gasteiger partial charge in [-0.1, -0.05) is 36.4 Å². The SMILES string of the molecule is COc1ccccc1-c1nccn1Cc1ccccc1C(=N)N. The summed E-state index contributed by atoms with van der Waals surface area (Å²) in [5.74, 6) is 1.67. The Hall–Kier alpha value is -3.08. The van der Waals surface area contributed by atoms with E-state index >= 15 is 0 Å². The minimum absolute atomic E-state index is 0.0690. The molecule has 2 aromatic carbocycles. The summed E-state index contributed by atoms with van der Waals surface area (Å²) in [6.07, 6.45) is 3.68. The first-order valence-corrected chi connectivity index (χ1v) is 7.27. The Morgan fingerprint density at radius 3 is 2.70 bits per heavy atom. The smallest absolute Gasteiger partial charge is 0.143 e. The highest BCUT2D eigenvalue weighted by Crippen LogP contribution is 2.28. The lowest BCUT2D eigenvalue weighted by molar-refractivity contribution is 0.416. The van der Waals surface area contributed by atoms with Gasteiger partial charge in [0.2, 0.25) is 0 Å². The summed E-state index contributed by atoms with van der Waals surface area (Å²) in [5, 5.41) is 7.72. The molecule has 1 heterocycles. The van der Waals surface area contributed by atoms with Gasteiger partial charge >= 0.3 is 0 Å². The van der Waals surface area contributed by atoms with Crippen LogP contribution < -0.4 is 10.5 Å². The van der Waals surface area contributed by atoms with Crippen LogP contribution in [0.25, 0.3) is 11.4 Å². The van der Waals surface area contributed by atoms with Crippen molar-refractivity contribution in [3.63, 3.8) is 0 Å². The van der Waals surface area contributed by atoms with Gasteiger partial charge < -0.3 is 15.0 Å². The number of hydrogen-bond acceptors (Lipinski definition) is 3. The number of nitrogens with zero attached hydrogens (tertiary/aromatic N) is 2. The predicted molar refractivity (Wildman–Crippen MR) is 90.8 cm³/mol. The van der Waals surface area contributed by atoms with E-state index in [0.29, 0.717) is 6.54 Å². The van der Waals surface area contributed by atoms with Crippen molar-refractivity contribution in [3.8, 4) is 17.1 Å². The van der Waals surface area contributed by atoms with Gasteiger partial charge in [0.05, 0.1) is 12.7 Å². The highest BCUT2D eigenvalue weighted by atomic mass is 16.5. The lowest BCUT2D eigenvalue weighted by atomic mass is 10.1. The molecule has 0 atom stereocenters. The maximum Gasteiger partial charge on any atom is 0.143 e. The molecule has 3 rings (SSSR count). The normalized spacial score (nSPS) is 10.5. The van der Waals surface area contributed by atoms with Crippen molar-refractivity contribution in [3.05, 3.63) is 72.1 Å². The minimum atomic E-state index is 0.0690. The Morgan fingerprint density at radius 1 is 1.17 bits per heavy atom. The van der Waals surface area contributed by atoms with Crippen molar-refractivity contribution in [2.75, 3.05) is 7.11 Å². The molecule has 0 aliphatic carbocycles. The second-order valence-electron chi connectivity index (χ2n) is 5.15. The van der Waals surface area contributed by atoms with E-state index in [4.69, 9.17) is 15.9 Å². The van der Waals surface area contributed by atoms with Crippen LogP contribution in [0.15, 0.2) is 60.9 Å². The fourth-order valence-electron chi connectivity index (χ4n) is 2.61. The molecular formula is C18H18N4O. The van der Waals surface area contributed by atoms with Crippen LogP contribution in [0.2, 0.25) is 0 Å². The minimum Gasteiger partial charge on any atom is -0.496 e. The number of methoxy groups -OCH3 is 1. The van der Waals surface area contributed by atoms with Crippen molar-refractivity contribution >= 4 is 5.84 Å². The quantitative estimate of drug-likeness (QED) is 0.562. The van der Waals surface area contributed by atoms with Crippen LogP contribution in [-0.4, -0.2) is 22.5 Å². The molecule has 3 N–H and O–H groups in total.